The van der Waals surface area contributed by atoms with Gasteiger partial charge in [-0.2, -0.15) is 17.5 Å². The minimum Gasteiger partial charge on any atom is -0.325 e. The van der Waals surface area contributed by atoms with E-state index >= 15 is 0 Å². The van der Waals surface area contributed by atoms with E-state index in [4.69, 9.17) is 11.6 Å². The summed E-state index contributed by atoms with van der Waals surface area (Å²) in [5.41, 5.74) is 1.48. The number of carbonyl (C=O) groups is 1. The minimum atomic E-state index is -4.82. The smallest absolute Gasteiger partial charge is 0.325 e. The maximum Gasteiger partial charge on any atom is 0.419 e. The van der Waals surface area contributed by atoms with Crippen molar-refractivity contribution in [2.45, 2.75) is 37.4 Å². The van der Waals surface area contributed by atoms with Crippen molar-refractivity contribution in [2.24, 2.45) is 0 Å². The van der Waals surface area contributed by atoms with Crippen LogP contribution in [0.1, 0.15) is 27.8 Å². The van der Waals surface area contributed by atoms with Crippen molar-refractivity contribution >= 4 is 33.2 Å². The fraction of sp³-hybridized carbons (Fsp3) is 0.240. The second kappa shape index (κ2) is 9.84. The van der Waals surface area contributed by atoms with E-state index in [0.717, 1.165) is 22.8 Å². The molecule has 0 saturated carbocycles. The third-order valence-electron chi connectivity index (χ3n) is 6.00. The van der Waals surface area contributed by atoms with Crippen LogP contribution in [0, 0.1) is 12.7 Å². The Hall–Kier alpha value is -2.95. The monoisotopic (exact) mass is 540 g/mol. The van der Waals surface area contributed by atoms with Crippen molar-refractivity contribution in [1.82, 2.24) is 4.31 Å². The van der Waals surface area contributed by atoms with Gasteiger partial charge in [-0.1, -0.05) is 29.8 Å². The molecule has 4 rings (SSSR count). The average Bonchev–Trinajstić information content (AvgIpc) is 2.80. The van der Waals surface area contributed by atoms with E-state index in [-0.39, 0.29) is 30.0 Å². The molecule has 5 nitrogen and oxygen atoms in total. The van der Waals surface area contributed by atoms with Gasteiger partial charge in [0.1, 0.15) is 5.82 Å². The Bertz CT molecular complexity index is 1420. The molecule has 0 aliphatic carbocycles. The highest BCUT2D eigenvalue weighted by Gasteiger charge is 2.34. The molecule has 1 N–H and O–H groups in total. The topological polar surface area (TPSA) is 66.5 Å². The Kier molecular flexibility index (Phi) is 7.14. The number of hydrogen-bond donors (Lipinski definition) is 1. The summed E-state index contributed by atoms with van der Waals surface area (Å²) in [7, 11) is -3.75. The summed E-state index contributed by atoms with van der Waals surface area (Å²) in [5.74, 6) is -1.97. The highest BCUT2D eigenvalue weighted by molar-refractivity contribution is 7.89. The second-order valence-electron chi connectivity index (χ2n) is 8.47. The van der Waals surface area contributed by atoms with Gasteiger partial charge < -0.3 is 5.32 Å². The Morgan fingerprint density at radius 1 is 1.08 bits per heavy atom. The van der Waals surface area contributed by atoms with Gasteiger partial charge in [0, 0.05) is 23.8 Å². The van der Waals surface area contributed by atoms with Crippen molar-refractivity contribution in [3.05, 3.63) is 93.3 Å². The zero-order valence-corrected chi connectivity index (χ0v) is 20.6. The van der Waals surface area contributed by atoms with E-state index in [1.165, 1.54) is 28.6 Å². The van der Waals surface area contributed by atoms with Crippen molar-refractivity contribution in [1.29, 1.82) is 0 Å². The van der Waals surface area contributed by atoms with Crippen LogP contribution in [0.3, 0.4) is 0 Å². The van der Waals surface area contributed by atoms with Gasteiger partial charge in [-0.05, 0) is 72.0 Å². The van der Waals surface area contributed by atoms with Crippen LogP contribution >= 0.6 is 11.6 Å². The van der Waals surface area contributed by atoms with E-state index in [0.29, 0.717) is 29.3 Å². The van der Waals surface area contributed by atoms with Gasteiger partial charge in [0.2, 0.25) is 15.9 Å². The minimum absolute atomic E-state index is 0.0979. The molecule has 0 unspecified atom stereocenters. The number of rotatable bonds is 5. The highest BCUT2D eigenvalue weighted by Crippen LogP contribution is 2.33. The first-order chi connectivity index (χ1) is 16.9. The quantitative estimate of drug-likeness (QED) is 0.420. The first kappa shape index (κ1) is 26.1. The lowest BCUT2D eigenvalue weighted by Crippen LogP contribution is -2.36. The number of nitrogens with one attached hydrogen (secondary N) is 1. The van der Waals surface area contributed by atoms with Gasteiger partial charge >= 0.3 is 6.18 Å². The standard InChI is InChI=1S/C25H21ClF4N2O3S/c1-15-2-4-17-14-32(36(34,35)19-7-5-18(26)6-8-19)11-10-20(17)24(15)31-23(33)13-16-3-9-21(22(27)12-16)25(28,29)30/h2-9,12H,10-11,13-14H2,1H3,(H,31,33). The van der Waals surface area contributed by atoms with E-state index in [9.17, 15) is 30.8 Å². The molecule has 1 amide bonds. The molecule has 0 atom stereocenters. The van der Waals surface area contributed by atoms with E-state index < -0.39 is 33.5 Å². The Morgan fingerprint density at radius 2 is 1.78 bits per heavy atom. The summed E-state index contributed by atoms with van der Waals surface area (Å²) in [6, 6.07) is 11.8. The molecule has 190 valence electrons. The maximum absolute atomic E-state index is 13.9. The molecule has 1 aliphatic rings. The van der Waals surface area contributed by atoms with Crippen molar-refractivity contribution in [3.63, 3.8) is 0 Å². The molecule has 0 saturated heterocycles. The fourth-order valence-electron chi connectivity index (χ4n) is 4.15. The van der Waals surface area contributed by atoms with Crippen LogP contribution in [-0.4, -0.2) is 25.2 Å². The zero-order valence-electron chi connectivity index (χ0n) is 19.0. The van der Waals surface area contributed by atoms with E-state index in [1.54, 1.807) is 19.1 Å². The lowest BCUT2D eigenvalue weighted by molar-refractivity contribution is -0.140. The molecular weight excluding hydrogens is 520 g/mol. The SMILES string of the molecule is Cc1ccc2c(c1NC(=O)Cc1ccc(C(F)(F)F)c(F)c1)CCN(S(=O)(=O)c1ccc(Cl)cc1)C2. The molecule has 0 radical (unpaired) electrons. The number of halogens is 5. The molecule has 1 heterocycles. The number of hydrogen-bond acceptors (Lipinski definition) is 3. The van der Waals surface area contributed by atoms with Crippen molar-refractivity contribution in [2.75, 3.05) is 11.9 Å². The molecule has 0 spiro atoms. The predicted octanol–water partition coefficient (Wildman–Crippen LogP) is 5.73. The average molecular weight is 541 g/mol. The first-order valence-electron chi connectivity index (χ1n) is 10.9. The number of fused-ring (bicyclic) bond motifs is 1. The number of amides is 1. The van der Waals surface area contributed by atoms with Gasteiger partial charge in [-0.3, -0.25) is 4.79 Å². The molecule has 0 fully saturated rings. The van der Waals surface area contributed by atoms with Crippen LogP contribution in [0.4, 0.5) is 23.2 Å². The third-order valence-corrected chi connectivity index (χ3v) is 8.11. The predicted molar refractivity (Wildman–Crippen MR) is 128 cm³/mol. The van der Waals surface area contributed by atoms with Crippen LogP contribution < -0.4 is 5.32 Å². The van der Waals surface area contributed by atoms with Crippen molar-refractivity contribution in [3.8, 4) is 0 Å². The third kappa shape index (κ3) is 5.40. The normalized spacial score (nSPS) is 14.4. The molecule has 11 heteroatoms. The van der Waals surface area contributed by atoms with Gasteiger partial charge in [-0.25, -0.2) is 12.8 Å². The van der Waals surface area contributed by atoms with Gasteiger partial charge in [-0.15, -0.1) is 0 Å². The van der Waals surface area contributed by atoms with Crippen LogP contribution in [0.25, 0.3) is 0 Å². The van der Waals surface area contributed by atoms with Crippen molar-refractivity contribution < 1.29 is 30.8 Å². The number of alkyl halides is 3. The fourth-order valence-corrected chi connectivity index (χ4v) is 5.69. The largest absolute Gasteiger partial charge is 0.419 e. The molecule has 3 aromatic rings. The lowest BCUT2D eigenvalue weighted by atomic mass is 9.95. The molecule has 0 bridgehead atoms. The van der Waals surface area contributed by atoms with Crippen LogP contribution in [0.2, 0.25) is 5.02 Å². The second-order valence-corrected chi connectivity index (χ2v) is 10.8. The van der Waals surface area contributed by atoms with Crippen LogP contribution in [-0.2, 0) is 40.4 Å². The summed E-state index contributed by atoms with van der Waals surface area (Å²) < 4.78 is 79.7. The highest BCUT2D eigenvalue weighted by atomic mass is 35.5. The number of sulfonamides is 1. The Morgan fingerprint density at radius 3 is 2.42 bits per heavy atom. The van der Waals surface area contributed by atoms with Gasteiger partial charge in [0.25, 0.3) is 0 Å². The number of carbonyl (C=O) groups excluding carboxylic acids is 1. The number of benzene rings is 3. The number of nitrogens with zero attached hydrogens (tertiary/aromatic N) is 1. The maximum atomic E-state index is 13.9. The summed E-state index contributed by atoms with van der Waals surface area (Å²) >= 11 is 5.87. The van der Waals surface area contributed by atoms with Crippen LogP contribution in [0.5, 0.6) is 0 Å². The molecule has 0 aromatic heterocycles. The molecule has 1 aliphatic heterocycles. The Balaban J connectivity index is 1.52. The summed E-state index contributed by atoms with van der Waals surface area (Å²) in [4.78, 5) is 12.8. The first-order valence-corrected chi connectivity index (χ1v) is 12.7. The summed E-state index contributed by atoms with van der Waals surface area (Å²) in [6.45, 7) is 2.08. The van der Waals surface area contributed by atoms with Crippen LogP contribution in [0.15, 0.2) is 59.5 Å². The molecular formula is C25H21ClF4N2O3S. The Labute approximate surface area is 210 Å². The van der Waals surface area contributed by atoms with E-state index in [1.807, 2.05) is 0 Å². The number of anilines is 1. The van der Waals surface area contributed by atoms with Gasteiger partial charge in [0.15, 0.2) is 0 Å². The number of aryl methyl sites for hydroxylation is 1. The summed E-state index contributed by atoms with van der Waals surface area (Å²) in [5, 5.41) is 3.20. The summed E-state index contributed by atoms with van der Waals surface area (Å²) in [6.07, 6.45) is -4.80. The lowest BCUT2D eigenvalue weighted by Gasteiger charge is -2.30. The molecule has 36 heavy (non-hydrogen) atoms. The van der Waals surface area contributed by atoms with Gasteiger partial charge in [0.05, 0.1) is 16.9 Å². The zero-order chi connectivity index (χ0) is 26.3. The molecule has 3 aromatic carbocycles. The van der Waals surface area contributed by atoms with E-state index in [2.05, 4.69) is 5.32 Å².